The van der Waals surface area contributed by atoms with Gasteiger partial charge in [0.2, 0.25) is 5.78 Å². The van der Waals surface area contributed by atoms with Gasteiger partial charge in [0.1, 0.15) is 0 Å². The normalized spacial score (nSPS) is 12.2. The van der Waals surface area contributed by atoms with E-state index in [1.165, 1.54) is 0 Å². The van der Waals surface area contributed by atoms with Crippen molar-refractivity contribution in [1.82, 2.24) is 4.57 Å². The van der Waals surface area contributed by atoms with Crippen molar-refractivity contribution < 1.29 is 14.7 Å². The van der Waals surface area contributed by atoms with Gasteiger partial charge in [-0.05, 0) is 37.1 Å². The van der Waals surface area contributed by atoms with Gasteiger partial charge in [0.25, 0.3) is 0 Å². The first-order valence-corrected chi connectivity index (χ1v) is 9.21. The highest BCUT2D eigenvalue weighted by Crippen LogP contribution is 2.18. The molecule has 0 saturated heterocycles. The molecular formula is C24H23NO3. The summed E-state index contributed by atoms with van der Waals surface area (Å²) in [5, 5.41) is 9.17. The van der Waals surface area contributed by atoms with Crippen LogP contribution >= 0.6 is 0 Å². The van der Waals surface area contributed by atoms with E-state index in [4.69, 9.17) is 5.11 Å². The van der Waals surface area contributed by atoms with E-state index in [1.54, 1.807) is 6.92 Å². The van der Waals surface area contributed by atoms with Crippen molar-refractivity contribution in [3.05, 3.63) is 101 Å². The molecule has 0 aliphatic rings. The second kappa shape index (κ2) is 8.53. The van der Waals surface area contributed by atoms with Crippen LogP contribution in [0, 0.1) is 6.92 Å². The Bertz CT molecular complexity index is 1010. The highest BCUT2D eigenvalue weighted by molar-refractivity contribution is 6.08. The van der Waals surface area contributed by atoms with Crippen molar-refractivity contribution in [1.29, 1.82) is 0 Å². The smallest absolute Gasteiger partial charge is 0.310 e. The molecule has 0 spiro atoms. The van der Waals surface area contributed by atoms with Crippen LogP contribution in [0.1, 0.15) is 45.6 Å². The predicted molar refractivity (Wildman–Crippen MR) is 111 cm³/mol. The highest BCUT2D eigenvalue weighted by atomic mass is 16.4. The van der Waals surface area contributed by atoms with E-state index < -0.39 is 11.9 Å². The summed E-state index contributed by atoms with van der Waals surface area (Å²) in [5.74, 6) is -1.39. The third-order valence-electron chi connectivity index (χ3n) is 4.77. The lowest BCUT2D eigenvalue weighted by atomic mass is 9.99. The van der Waals surface area contributed by atoms with Crippen LogP contribution in [0.3, 0.4) is 0 Å². The molecule has 1 N–H and O–H groups in total. The molecule has 142 valence electrons. The van der Waals surface area contributed by atoms with Gasteiger partial charge in [-0.1, -0.05) is 66.2 Å². The van der Waals surface area contributed by atoms with E-state index >= 15 is 0 Å². The van der Waals surface area contributed by atoms with Gasteiger partial charge in [0.15, 0.2) is 0 Å². The molecule has 0 bridgehead atoms. The highest BCUT2D eigenvalue weighted by Gasteiger charge is 2.14. The molecule has 0 amide bonds. The molecule has 0 saturated carbocycles. The molecular weight excluding hydrogens is 350 g/mol. The molecule has 3 rings (SSSR count). The molecule has 1 atom stereocenters. The Morgan fingerprint density at radius 3 is 2.54 bits per heavy atom. The largest absolute Gasteiger partial charge is 0.481 e. The summed E-state index contributed by atoms with van der Waals surface area (Å²) in [4.78, 5) is 23.9. The van der Waals surface area contributed by atoms with Crippen molar-refractivity contribution >= 4 is 17.8 Å². The molecule has 1 aromatic heterocycles. The summed E-state index contributed by atoms with van der Waals surface area (Å²) < 4.78 is 1.91. The number of nitrogens with zero attached hydrogens (tertiary/aromatic N) is 1. The lowest BCUT2D eigenvalue weighted by molar-refractivity contribution is -0.138. The molecule has 4 nitrogen and oxygen atoms in total. The van der Waals surface area contributed by atoms with Crippen LogP contribution < -0.4 is 0 Å². The Balaban J connectivity index is 1.73. The Morgan fingerprint density at radius 1 is 1.07 bits per heavy atom. The maximum absolute atomic E-state index is 12.8. The van der Waals surface area contributed by atoms with Gasteiger partial charge in [-0.25, -0.2) is 0 Å². The third-order valence-corrected chi connectivity index (χ3v) is 4.77. The first kappa shape index (κ1) is 19.4. The van der Waals surface area contributed by atoms with Crippen LogP contribution in [0.5, 0.6) is 0 Å². The Kier molecular flexibility index (Phi) is 5.90. The monoisotopic (exact) mass is 373 g/mol. The second-order valence-corrected chi connectivity index (χ2v) is 6.87. The molecule has 4 heteroatoms. The second-order valence-electron chi connectivity index (χ2n) is 6.87. The summed E-state index contributed by atoms with van der Waals surface area (Å²) in [6.07, 6.45) is 5.80. The zero-order chi connectivity index (χ0) is 20.1. The van der Waals surface area contributed by atoms with E-state index in [2.05, 4.69) is 0 Å². The van der Waals surface area contributed by atoms with Crippen LogP contribution in [-0.4, -0.2) is 21.4 Å². The van der Waals surface area contributed by atoms with Gasteiger partial charge in [-0.2, -0.15) is 0 Å². The van der Waals surface area contributed by atoms with Gasteiger partial charge in [0.05, 0.1) is 11.6 Å². The molecule has 28 heavy (non-hydrogen) atoms. The Morgan fingerprint density at radius 2 is 1.82 bits per heavy atom. The number of carbonyl (C=O) groups is 2. The molecule has 1 heterocycles. The Hall–Kier alpha value is -3.40. The van der Waals surface area contributed by atoms with Crippen LogP contribution in [-0.2, 0) is 11.3 Å². The minimum atomic E-state index is -0.840. The van der Waals surface area contributed by atoms with E-state index in [0.717, 1.165) is 16.7 Å². The molecule has 0 aliphatic carbocycles. The fourth-order valence-corrected chi connectivity index (χ4v) is 3.01. The number of rotatable bonds is 7. The van der Waals surface area contributed by atoms with E-state index in [1.807, 2.05) is 90.5 Å². The van der Waals surface area contributed by atoms with Crippen molar-refractivity contribution in [3.8, 4) is 0 Å². The SMILES string of the molecule is Cc1ccc(C(=O)c2cccn2CC=Cc2cccc([C@H](C)C(=O)O)c2)cc1. The number of carbonyl (C=O) groups excluding carboxylic acids is 1. The zero-order valence-electron chi connectivity index (χ0n) is 16.0. The quantitative estimate of drug-likeness (QED) is 0.598. The van der Waals surface area contributed by atoms with Crippen molar-refractivity contribution in [2.75, 3.05) is 0 Å². The minimum Gasteiger partial charge on any atom is -0.481 e. The number of aryl methyl sites for hydroxylation is 1. The summed E-state index contributed by atoms with van der Waals surface area (Å²) in [7, 11) is 0. The Labute approximate surface area is 164 Å². The predicted octanol–water partition coefficient (Wildman–Crippen LogP) is 4.93. The summed E-state index contributed by atoms with van der Waals surface area (Å²) in [5.41, 5.74) is 4.14. The molecule has 2 aromatic carbocycles. The number of hydrogen-bond donors (Lipinski definition) is 1. The maximum Gasteiger partial charge on any atom is 0.310 e. The van der Waals surface area contributed by atoms with Gasteiger partial charge >= 0.3 is 5.97 Å². The minimum absolute atomic E-state index is 0.00400. The van der Waals surface area contributed by atoms with Crippen LogP contribution in [0.2, 0.25) is 0 Å². The number of aromatic nitrogens is 1. The van der Waals surface area contributed by atoms with E-state index in [-0.39, 0.29) is 5.78 Å². The molecule has 0 aliphatic heterocycles. The lowest BCUT2D eigenvalue weighted by Gasteiger charge is -2.08. The molecule has 3 aromatic rings. The first-order valence-electron chi connectivity index (χ1n) is 9.21. The molecule has 0 unspecified atom stereocenters. The number of carboxylic acid groups (broad SMARTS) is 1. The number of carboxylic acids is 1. The maximum atomic E-state index is 12.8. The van der Waals surface area contributed by atoms with Crippen molar-refractivity contribution in [2.24, 2.45) is 0 Å². The van der Waals surface area contributed by atoms with Gasteiger partial charge in [-0.3, -0.25) is 9.59 Å². The van der Waals surface area contributed by atoms with Crippen molar-refractivity contribution in [2.45, 2.75) is 26.3 Å². The van der Waals surface area contributed by atoms with Crippen LogP contribution in [0.4, 0.5) is 0 Å². The summed E-state index contributed by atoms with van der Waals surface area (Å²) in [6, 6.07) is 18.7. The first-order chi connectivity index (χ1) is 13.5. The van der Waals surface area contributed by atoms with Crippen LogP contribution in [0.25, 0.3) is 6.08 Å². The standard InChI is InChI=1S/C24H23NO3/c1-17-10-12-20(13-11-17)23(26)22-9-5-15-25(22)14-4-7-19-6-3-8-21(16-19)18(2)24(27)28/h3-13,15-16,18H,14H2,1-2H3,(H,27,28)/t18-/m0/s1. The van der Waals surface area contributed by atoms with Crippen molar-refractivity contribution in [3.63, 3.8) is 0 Å². The van der Waals surface area contributed by atoms with E-state index in [9.17, 15) is 9.59 Å². The zero-order valence-corrected chi connectivity index (χ0v) is 16.0. The van der Waals surface area contributed by atoms with Gasteiger partial charge in [0, 0.05) is 18.3 Å². The number of benzene rings is 2. The summed E-state index contributed by atoms with van der Waals surface area (Å²) in [6.45, 7) is 4.22. The van der Waals surface area contributed by atoms with E-state index in [0.29, 0.717) is 17.8 Å². The average Bonchev–Trinajstić information content (AvgIpc) is 3.16. The van der Waals surface area contributed by atoms with Crippen LogP contribution in [0.15, 0.2) is 72.9 Å². The van der Waals surface area contributed by atoms with Gasteiger partial charge in [-0.15, -0.1) is 0 Å². The average molecular weight is 373 g/mol. The number of ketones is 1. The van der Waals surface area contributed by atoms with Gasteiger partial charge < -0.3 is 9.67 Å². The third kappa shape index (κ3) is 4.46. The number of allylic oxidation sites excluding steroid dienone is 1. The topological polar surface area (TPSA) is 59.3 Å². The number of hydrogen-bond acceptors (Lipinski definition) is 2. The fraction of sp³-hybridized carbons (Fsp3) is 0.167. The number of aliphatic carboxylic acids is 1. The molecule has 0 radical (unpaired) electrons. The fourth-order valence-electron chi connectivity index (χ4n) is 3.01. The lowest BCUT2D eigenvalue weighted by Crippen LogP contribution is -2.09. The molecule has 0 fully saturated rings. The summed E-state index contributed by atoms with van der Waals surface area (Å²) >= 11 is 0.